The van der Waals surface area contributed by atoms with Gasteiger partial charge < -0.3 is 10.0 Å². The van der Waals surface area contributed by atoms with Gasteiger partial charge in [0.05, 0.1) is 24.9 Å². The summed E-state index contributed by atoms with van der Waals surface area (Å²) >= 11 is 2.11. The topological polar surface area (TPSA) is 77.2 Å². The number of aromatic nitrogens is 1. The molecule has 1 N–H and O–H groups in total. The van der Waals surface area contributed by atoms with Crippen LogP contribution in [-0.4, -0.2) is 34.2 Å². The van der Waals surface area contributed by atoms with E-state index in [-0.39, 0.29) is 13.1 Å². The number of pyridine rings is 1. The maximum atomic E-state index is 10.7. The first kappa shape index (κ1) is 11.1. The second-order valence-electron chi connectivity index (χ2n) is 3.67. The van der Waals surface area contributed by atoms with Crippen LogP contribution < -0.4 is 0 Å². The highest BCUT2D eigenvalue weighted by molar-refractivity contribution is 14.1. The number of nitriles is 1. The molecule has 0 aliphatic carbocycles. The van der Waals surface area contributed by atoms with Gasteiger partial charge in [-0.05, 0) is 34.7 Å². The fraction of sp³-hybridized carbons (Fsp3) is 0.300. The molecule has 0 radical (unpaired) electrons. The van der Waals surface area contributed by atoms with Gasteiger partial charge in [0.15, 0.2) is 0 Å². The zero-order valence-electron chi connectivity index (χ0n) is 8.22. The lowest BCUT2D eigenvalue weighted by molar-refractivity contribution is 0.0814. The maximum Gasteiger partial charge on any atom is 0.407 e. The molecule has 0 aromatic carbocycles. The summed E-state index contributed by atoms with van der Waals surface area (Å²) < 4.78 is 0.895. The van der Waals surface area contributed by atoms with E-state index in [1.54, 1.807) is 12.3 Å². The van der Waals surface area contributed by atoms with Crippen molar-refractivity contribution in [1.29, 1.82) is 5.26 Å². The van der Waals surface area contributed by atoms with Gasteiger partial charge >= 0.3 is 6.09 Å². The lowest BCUT2D eigenvalue weighted by atomic mass is 9.78. The number of likely N-dealkylation sites (tertiary alicyclic amines) is 1. The zero-order chi connectivity index (χ0) is 11.8. The van der Waals surface area contributed by atoms with E-state index in [1.165, 1.54) is 4.90 Å². The van der Waals surface area contributed by atoms with Crippen LogP contribution in [0.2, 0.25) is 0 Å². The molecule has 1 aliphatic rings. The third-order valence-corrected chi connectivity index (χ3v) is 3.49. The number of rotatable bonds is 1. The Bertz CT molecular complexity index is 477. The first-order chi connectivity index (χ1) is 7.59. The molecule has 0 bridgehead atoms. The summed E-state index contributed by atoms with van der Waals surface area (Å²) in [5.41, 5.74) is -0.0912. The van der Waals surface area contributed by atoms with E-state index in [0.29, 0.717) is 5.69 Å². The Labute approximate surface area is 106 Å². The Hall–Kier alpha value is -1.36. The van der Waals surface area contributed by atoms with Crippen molar-refractivity contribution in [3.63, 3.8) is 0 Å². The average molecular weight is 329 g/mol. The number of halogens is 1. The number of amides is 1. The molecule has 5 nitrogen and oxygen atoms in total. The SMILES string of the molecule is N#CC1(c2ncccc2I)CN(C(=O)O)C1. The molecule has 2 rings (SSSR count). The van der Waals surface area contributed by atoms with Gasteiger partial charge in [-0.2, -0.15) is 5.26 Å². The highest BCUT2D eigenvalue weighted by Gasteiger charge is 2.49. The Morgan fingerprint density at radius 3 is 2.88 bits per heavy atom. The summed E-state index contributed by atoms with van der Waals surface area (Å²) in [5, 5.41) is 18.0. The minimum absolute atomic E-state index is 0.200. The largest absolute Gasteiger partial charge is 0.465 e. The minimum Gasteiger partial charge on any atom is -0.465 e. The lowest BCUT2D eigenvalue weighted by Gasteiger charge is -2.43. The molecular formula is C10H8IN3O2. The average Bonchev–Trinajstić information content (AvgIpc) is 2.19. The Kier molecular flexibility index (Phi) is 2.71. The predicted octanol–water partition coefficient (Wildman–Crippen LogP) is 1.44. The molecule has 1 aromatic rings. The summed E-state index contributed by atoms with van der Waals surface area (Å²) in [6.07, 6.45) is 0.636. The van der Waals surface area contributed by atoms with Crippen LogP contribution in [0, 0.1) is 14.9 Å². The number of hydrogen-bond acceptors (Lipinski definition) is 3. The molecule has 1 fully saturated rings. The monoisotopic (exact) mass is 329 g/mol. The van der Waals surface area contributed by atoms with Crippen molar-refractivity contribution in [2.24, 2.45) is 0 Å². The van der Waals surface area contributed by atoms with E-state index in [0.717, 1.165) is 3.57 Å². The third-order valence-electron chi connectivity index (χ3n) is 2.62. The van der Waals surface area contributed by atoms with Gasteiger partial charge in [-0.3, -0.25) is 4.98 Å². The van der Waals surface area contributed by atoms with Crippen LogP contribution in [-0.2, 0) is 5.41 Å². The molecule has 0 unspecified atom stereocenters. The van der Waals surface area contributed by atoms with Crippen LogP contribution in [0.3, 0.4) is 0 Å². The summed E-state index contributed by atoms with van der Waals surface area (Å²) in [5.74, 6) is 0. The van der Waals surface area contributed by atoms with Crippen LogP contribution in [0.15, 0.2) is 18.3 Å². The number of carboxylic acid groups (broad SMARTS) is 1. The van der Waals surface area contributed by atoms with Gasteiger partial charge in [0.25, 0.3) is 0 Å². The smallest absolute Gasteiger partial charge is 0.407 e. The Morgan fingerprint density at radius 2 is 2.38 bits per heavy atom. The number of nitrogens with zero attached hydrogens (tertiary/aromatic N) is 3. The summed E-state index contributed by atoms with van der Waals surface area (Å²) in [4.78, 5) is 16.1. The fourth-order valence-corrected chi connectivity index (χ4v) is 2.61. The minimum atomic E-state index is -0.989. The summed E-state index contributed by atoms with van der Waals surface area (Å²) in [7, 11) is 0. The van der Waals surface area contributed by atoms with Crippen LogP contribution in [0.25, 0.3) is 0 Å². The van der Waals surface area contributed by atoms with E-state index < -0.39 is 11.5 Å². The zero-order valence-corrected chi connectivity index (χ0v) is 10.4. The maximum absolute atomic E-state index is 10.7. The van der Waals surface area contributed by atoms with Gasteiger partial charge in [0, 0.05) is 9.77 Å². The van der Waals surface area contributed by atoms with E-state index in [9.17, 15) is 10.1 Å². The lowest BCUT2D eigenvalue weighted by Crippen LogP contribution is -2.60. The van der Waals surface area contributed by atoms with Crippen molar-refractivity contribution in [3.05, 3.63) is 27.6 Å². The molecule has 16 heavy (non-hydrogen) atoms. The standard InChI is InChI=1S/C10H8IN3O2/c11-7-2-1-3-13-8(7)10(4-12)5-14(6-10)9(15)16/h1-3H,5-6H2,(H,15,16). The fourth-order valence-electron chi connectivity index (χ4n) is 1.75. The normalized spacial score (nSPS) is 17.4. The third kappa shape index (κ3) is 1.61. The van der Waals surface area contributed by atoms with Crippen LogP contribution in [0.4, 0.5) is 4.79 Å². The van der Waals surface area contributed by atoms with Crippen molar-refractivity contribution in [3.8, 4) is 6.07 Å². The second-order valence-corrected chi connectivity index (χ2v) is 4.83. The van der Waals surface area contributed by atoms with E-state index in [1.807, 2.05) is 6.07 Å². The van der Waals surface area contributed by atoms with Gasteiger partial charge in [0.1, 0.15) is 5.41 Å². The van der Waals surface area contributed by atoms with Crippen molar-refractivity contribution >= 4 is 28.7 Å². The van der Waals surface area contributed by atoms with Gasteiger partial charge in [0.2, 0.25) is 0 Å². The summed E-state index contributed by atoms with van der Waals surface area (Å²) in [6.45, 7) is 0.400. The first-order valence-electron chi connectivity index (χ1n) is 4.59. The molecule has 1 amide bonds. The Balaban J connectivity index is 2.31. The molecule has 0 saturated carbocycles. The van der Waals surface area contributed by atoms with Crippen LogP contribution in [0.5, 0.6) is 0 Å². The van der Waals surface area contributed by atoms with Crippen molar-refractivity contribution < 1.29 is 9.90 Å². The number of carbonyl (C=O) groups is 1. The van der Waals surface area contributed by atoms with Crippen LogP contribution in [0.1, 0.15) is 5.69 Å². The highest BCUT2D eigenvalue weighted by atomic mass is 127. The van der Waals surface area contributed by atoms with Crippen molar-refractivity contribution in [1.82, 2.24) is 9.88 Å². The molecule has 1 saturated heterocycles. The van der Waals surface area contributed by atoms with Gasteiger partial charge in [-0.25, -0.2) is 4.79 Å². The molecule has 0 spiro atoms. The highest BCUT2D eigenvalue weighted by Crippen LogP contribution is 2.34. The quantitative estimate of drug-likeness (QED) is 0.791. The number of hydrogen-bond donors (Lipinski definition) is 1. The van der Waals surface area contributed by atoms with E-state index in [2.05, 4.69) is 33.6 Å². The van der Waals surface area contributed by atoms with Crippen molar-refractivity contribution in [2.45, 2.75) is 5.41 Å². The van der Waals surface area contributed by atoms with E-state index >= 15 is 0 Å². The Morgan fingerprint density at radius 1 is 1.69 bits per heavy atom. The van der Waals surface area contributed by atoms with Gasteiger partial charge in [-0.1, -0.05) is 0 Å². The van der Waals surface area contributed by atoms with Crippen molar-refractivity contribution in [2.75, 3.05) is 13.1 Å². The van der Waals surface area contributed by atoms with E-state index in [4.69, 9.17) is 5.11 Å². The van der Waals surface area contributed by atoms with Gasteiger partial charge in [-0.15, -0.1) is 0 Å². The molecular weight excluding hydrogens is 321 g/mol. The molecule has 1 aromatic heterocycles. The van der Waals surface area contributed by atoms with Crippen LogP contribution >= 0.6 is 22.6 Å². The molecule has 0 atom stereocenters. The second kappa shape index (κ2) is 3.90. The summed E-state index contributed by atoms with van der Waals surface area (Å²) in [6, 6.07) is 5.85. The first-order valence-corrected chi connectivity index (χ1v) is 5.67. The molecule has 82 valence electrons. The molecule has 2 heterocycles. The molecule has 6 heteroatoms. The molecule has 1 aliphatic heterocycles. The predicted molar refractivity (Wildman–Crippen MR) is 63.8 cm³/mol.